The fourth-order valence-electron chi connectivity index (χ4n) is 6.33. The molecule has 0 aromatic rings. The maximum atomic E-state index is 12.6. The highest BCUT2D eigenvalue weighted by molar-refractivity contribution is 5.83. The summed E-state index contributed by atoms with van der Waals surface area (Å²) in [5, 5.41) is 11.9. The number of nitrogens with one attached hydrogen (secondary N) is 1. The summed E-state index contributed by atoms with van der Waals surface area (Å²) in [6, 6.07) is -0.858. The van der Waals surface area contributed by atoms with Gasteiger partial charge in [-0.15, -0.1) is 0 Å². The van der Waals surface area contributed by atoms with Gasteiger partial charge >= 0.3 is 11.9 Å². The number of rotatable bonds is 37. The lowest BCUT2D eigenvalue weighted by Gasteiger charge is -2.18. The van der Waals surface area contributed by atoms with Gasteiger partial charge in [0.2, 0.25) is 5.91 Å². The third-order valence-corrected chi connectivity index (χ3v) is 9.42. The van der Waals surface area contributed by atoms with Crippen molar-refractivity contribution >= 4 is 17.8 Å². The second-order valence-corrected chi connectivity index (χ2v) is 14.1. The van der Waals surface area contributed by atoms with Crippen molar-refractivity contribution in [2.24, 2.45) is 5.73 Å². The molecule has 0 heterocycles. The first-order chi connectivity index (χ1) is 22.9. The molecule has 0 rings (SSSR count). The summed E-state index contributed by atoms with van der Waals surface area (Å²) in [7, 11) is 0. The molecule has 0 aromatic carbocycles. The molecule has 1 amide bonds. The van der Waals surface area contributed by atoms with E-state index < -0.39 is 12.0 Å². The van der Waals surface area contributed by atoms with E-state index in [1.807, 2.05) is 0 Å². The number of aliphatic carboxylic acids is 1. The van der Waals surface area contributed by atoms with Gasteiger partial charge in [0.15, 0.2) is 0 Å². The number of carboxylic acid groups (broad SMARTS) is 1. The van der Waals surface area contributed by atoms with Crippen LogP contribution in [0.5, 0.6) is 0 Å². The second kappa shape index (κ2) is 35.7. The normalized spacial score (nSPS) is 12.6. The van der Waals surface area contributed by atoms with Crippen LogP contribution in [0.3, 0.4) is 0 Å². The van der Waals surface area contributed by atoms with Crippen LogP contribution in [0.4, 0.5) is 0 Å². The van der Waals surface area contributed by atoms with E-state index in [4.69, 9.17) is 10.5 Å². The SMILES string of the molecule is CCCCCCCCCCCCCCCCCCCC(=O)OC(CCCCCCC)CCCCCCC(=O)NC(CCCN)C(=O)O. The molecule has 0 aliphatic heterocycles. The van der Waals surface area contributed by atoms with Gasteiger partial charge in [0, 0.05) is 12.8 Å². The van der Waals surface area contributed by atoms with E-state index in [0.29, 0.717) is 32.2 Å². The summed E-state index contributed by atoms with van der Waals surface area (Å²) < 4.78 is 5.96. The van der Waals surface area contributed by atoms with Crippen LogP contribution in [-0.2, 0) is 19.1 Å². The molecule has 0 spiro atoms. The predicted octanol–water partition coefficient (Wildman–Crippen LogP) is 10.9. The van der Waals surface area contributed by atoms with E-state index in [1.165, 1.54) is 122 Å². The lowest BCUT2D eigenvalue weighted by atomic mass is 10.0. The van der Waals surface area contributed by atoms with Gasteiger partial charge in [0.25, 0.3) is 0 Å². The molecule has 0 fully saturated rings. The molecular weight excluding hydrogens is 588 g/mol. The zero-order valence-electron chi connectivity index (χ0n) is 31.1. The molecule has 278 valence electrons. The minimum Gasteiger partial charge on any atom is -0.480 e. The van der Waals surface area contributed by atoms with Crippen molar-refractivity contribution in [3.63, 3.8) is 0 Å². The summed E-state index contributed by atoms with van der Waals surface area (Å²) in [6.07, 6.45) is 35.9. The van der Waals surface area contributed by atoms with Crippen LogP contribution in [-0.4, -0.2) is 41.6 Å². The van der Waals surface area contributed by atoms with E-state index in [1.54, 1.807) is 0 Å². The quantitative estimate of drug-likeness (QED) is 0.0448. The van der Waals surface area contributed by atoms with E-state index in [0.717, 1.165) is 57.8 Å². The highest BCUT2D eigenvalue weighted by Gasteiger charge is 2.19. The Balaban J connectivity index is 4.01. The summed E-state index contributed by atoms with van der Waals surface area (Å²) >= 11 is 0. The monoisotopic (exact) mass is 667 g/mol. The largest absolute Gasteiger partial charge is 0.480 e. The van der Waals surface area contributed by atoms with Crippen LogP contribution < -0.4 is 11.1 Å². The third kappa shape index (κ3) is 32.7. The first kappa shape index (κ1) is 45.4. The number of unbranched alkanes of at least 4 members (excludes halogenated alkanes) is 23. The molecule has 47 heavy (non-hydrogen) atoms. The number of hydrogen-bond acceptors (Lipinski definition) is 5. The van der Waals surface area contributed by atoms with Crippen LogP contribution >= 0.6 is 0 Å². The lowest BCUT2D eigenvalue weighted by Crippen LogP contribution is -2.40. The highest BCUT2D eigenvalue weighted by Crippen LogP contribution is 2.19. The number of ether oxygens (including phenoxy) is 1. The van der Waals surface area contributed by atoms with Gasteiger partial charge < -0.3 is 20.9 Å². The third-order valence-electron chi connectivity index (χ3n) is 9.42. The van der Waals surface area contributed by atoms with Gasteiger partial charge in [-0.2, -0.15) is 0 Å². The molecule has 0 radical (unpaired) electrons. The fraction of sp³-hybridized carbons (Fsp3) is 0.925. The molecule has 7 heteroatoms. The highest BCUT2D eigenvalue weighted by atomic mass is 16.5. The molecule has 0 aliphatic carbocycles. The number of carboxylic acids is 1. The van der Waals surface area contributed by atoms with Crippen molar-refractivity contribution in [1.82, 2.24) is 5.32 Å². The Kier molecular flexibility index (Phi) is 34.4. The van der Waals surface area contributed by atoms with Crippen LogP contribution in [0.2, 0.25) is 0 Å². The van der Waals surface area contributed by atoms with Gasteiger partial charge in [-0.1, -0.05) is 155 Å². The fourth-order valence-corrected chi connectivity index (χ4v) is 6.33. The van der Waals surface area contributed by atoms with Gasteiger partial charge in [0.1, 0.15) is 12.1 Å². The number of nitrogens with two attached hydrogens (primary N) is 1. The second-order valence-electron chi connectivity index (χ2n) is 14.1. The smallest absolute Gasteiger partial charge is 0.326 e. The van der Waals surface area contributed by atoms with Gasteiger partial charge in [0.05, 0.1) is 0 Å². The zero-order valence-corrected chi connectivity index (χ0v) is 31.1. The van der Waals surface area contributed by atoms with Crippen LogP contribution in [0.25, 0.3) is 0 Å². The molecule has 2 unspecified atom stereocenters. The topological polar surface area (TPSA) is 119 Å². The Labute approximate surface area is 290 Å². The molecule has 0 saturated carbocycles. The molecule has 0 aromatic heterocycles. The Morgan fingerprint density at radius 3 is 1.32 bits per heavy atom. The Hall–Kier alpha value is -1.63. The Bertz CT molecular complexity index is 717. The lowest BCUT2D eigenvalue weighted by molar-refractivity contribution is -0.150. The average molecular weight is 667 g/mol. The van der Waals surface area contributed by atoms with Crippen molar-refractivity contribution < 1.29 is 24.2 Å². The molecule has 2 atom stereocenters. The first-order valence-electron chi connectivity index (χ1n) is 20.4. The standard InChI is InChI=1S/C40H78N2O5/c1-3-5-7-9-10-11-12-13-14-15-16-17-18-19-20-22-28-34-39(44)47-36(30-25-21-8-6-4-2)31-26-23-24-27-33-38(43)42-37(40(45)46)32-29-35-41/h36-37H,3-35,41H2,1-2H3,(H,42,43)(H,45,46). The molecule has 7 nitrogen and oxygen atoms in total. The molecule has 4 N–H and O–H groups in total. The molecule has 0 bridgehead atoms. The number of esters is 1. The van der Waals surface area contributed by atoms with Crippen molar-refractivity contribution in [3.8, 4) is 0 Å². The summed E-state index contributed by atoms with van der Waals surface area (Å²) in [5.74, 6) is -1.26. The van der Waals surface area contributed by atoms with E-state index >= 15 is 0 Å². The van der Waals surface area contributed by atoms with Crippen LogP contribution in [0.15, 0.2) is 0 Å². The summed E-state index contributed by atoms with van der Waals surface area (Å²) in [4.78, 5) is 36.1. The maximum Gasteiger partial charge on any atom is 0.326 e. The van der Waals surface area contributed by atoms with Crippen molar-refractivity contribution in [2.45, 2.75) is 231 Å². The van der Waals surface area contributed by atoms with Gasteiger partial charge in [-0.05, 0) is 57.9 Å². The minimum atomic E-state index is -1.01. The van der Waals surface area contributed by atoms with Gasteiger partial charge in [-0.25, -0.2) is 4.79 Å². The maximum absolute atomic E-state index is 12.6. The predicted molar refractivity (Wildman–Crippen MR) is 198 cm³/mol. The minimum absolute atomic E-state index is 0.00269. The number of amides is 1. The Morgan fingerprint density at radius 2 is 0.915 bits per heavy atom. The summed E-state index contributed by atoms with van der Waals surface area (Å²) in [5.41, 5.74) is 5.47. The summed E-state index contributed by atoms with van der Waals surface area (Å²) in [6.45, 7) is 4.91. The van der Waals surface area contributed by atoms with E-state index in [9.17, 15) is 19.5 Å². The molecular formula is C40H78N2O5. The van der Waals surface area contributed by atoms with Crippen LogP contribution in [0, 0.1) is 0 Å². The van der Waals surface area contributed by atoms with Gasteiger partial charge in [-0.3, -0.25) is 9.59 Å². The molecule has 0 saturated heterocycles. The number of carbonyl (C=O) groups excluding carboxylic acids is 2. The van der Waals surface area contributed by atoms with E-state index in [2.05, 4.69) is 19.2 Å². The zero-order chi connectivity index (χ0) is 34.6. The first-order valence-corrected chi connectivity index (χ1v) is 20.4. The molecule has 0 aliphatic rings. The number of carbonyl (C=O) groups is 3. The Morgan fingerprint density at radius 1 is 0.532 bits per heavy atom. The van der Waals surface area contributed by atoms with E-state index in [-0.39, 0.29) is 18.0 Å². The number of hydrogen-bond donors (Lipinski definition) is 3. The van der Waals surface area contributed by atoms with Crippen molar-refractivity contribution in [3.05, 3.63) is 0 Å². The van der Waals surface area contributed by atoms with Crippen molar-refractivity contribution in [1.29, 1.82) is 0 Å². The average Bonchev–Trinajstić information content (AvgIpc) is 3.05. The van der Waals surface area contributed by atoms with Crippen molar-refractivity contribution in [2.75, 3.05) is 6.54 Å². The van der Waals surface area contributed by atoms with Crippen LogP contribution in [0.1, 0.15) is 219 Å².